The first-order chi connectivity index (χ1) is 14.4. The van der Waals surface area contributed by atoms with E-state index < -0.39 is 13.9 Å². The first-order valence-corrected chi connectivity index (χ1v) is 13.6. The molecule has 0 saturated carbocycles. The van der Waals surface area contributed by atoms with Gasteiger partial charge in [0.15, 0.2) is 0 Å². The minimum atomic E-state index is -4.59. The first-order valence-electron chi connectivity index (χ1n) is 11.3. The Bertz CT molecular complexity index is 437. The summed E-state index contributed by atoms with van der Waals surface area (Å²) < 4.78 is 36.6. The lowest BCUT2D eigenvalue weighted by molar-refractivity contribution is 0.0162. The van der Waals surface area contributed by atoms with Crippen LogP contribution < -0.4 is 0 Å². The SMILES string of the molecule is CCCCCCCCCCCCCCOCC(CN(C)CCOP=O)OP(=O)(O)O. The second kappa shape index (κ2) is 21.0. The van der Waals surface area contributed by atoms with Crippen molar-refractivity contribution < 1.29 is 32.7 Å². The standard InChI is InChI=1S/C20H43NO7P2/c1-3-4-5-6-7-8-9-10-11-12-13-14-16-26-19-20(28-30(23,24)25)18-21(2)15-17-27-29-22/h20H,3-19H2,1-2H3,(H2,23,24,25). The van der Waals surface area contributed by atoms with Gasteiger partial charge in [-0.3, -0.25) is 9.05 Å². The van der Waals surface area contributed by atoms with Gasteiger partial charge in [-0.25, -0.2) is 9.13 Å². The van der Waals surface area contributed by atoms with Crippen LogP contribution in [0.15, 0.2) is 0 Å². The van der Waals surface area contributed by atoms with Gasteiger partial charge < -0.3 is 19.4 Å². The predicted molar refractivity (Wildman–Crippen MR) is 120 cm³/mol. The molecule has 0 bridgehead atoms. The van der Waals surface area contributed by atoms with Crippen LogP contribution in [0.2, 0.25) is 0 Å². The first kappa shape index (κ1) is 30.1. The normalized spacial score (nSPS) is 13.4. The molecule has 0 radical (unpaired) electrons. The molecule has 0 fully saturated rings. The van der Waals surface area contributed by atoms with E-state index in [1.54, 1.807) is 11.9 Å². The summed E-state index contributed by atoms with van der Waals surface area (Å²) in [5.41, 5.74) is 0. The lowest BCUT2D eigenvalue weighted by Crippen LogP contribution is -2.35. The average molecular weight is 472 g/mol. The van der Waals surface area contributed by atoms with Crippen LogP contribution in [0.25, 0.3) is 0 Å². The molecular formula is C20H43NO7P2. The highest BCUT2D eigenvalue weighted by Crippen LogP contribution is 2.37. The van der Waals surface area contributed by atoms with Crippen molar-refractivity contribution in [2.75, 3.05) is 40.0 Å². The fraction of sp³-hybridized carbons (Fsp3) is 1.00. The Morgan fingerprint density at radius 3 is 1.93 bits per heavy atom. The summed E-state index contributed by atoms with van der Waals surface area (Å²) in [5.74, 6) is 0. The van der Waals surface area contributed by atoms with Crippen molar-refractivity contribution in [3.8, 4) is 0 Å². The Hall–Kier alpha value is 0.0900. The van der Waals surface area contributed by atoms with Gasteiger partial charge in [-0.15, -0.1) is 0 Å². The zero-order valence-electron chi connectivity index (χ0n) is 18.9. The van der Waals surface area contributed by atoms with E-state index in [-0.39, 0.29) is 28.4 Å². The van der Waals surface area contributed by atoms with Gasteiger partial charge in [0.25, 0.3) is 0 Å². The third kappa shape index (κ3) is 22.8. The summed E-state index contributed by atoms with van der Waals surface area (Å²) in [6, 6.07) is 0. The average Bonchev–Trinajstić information content (AvgIpc) is 2.67. The summed E-state index contributed by atoms with van der Waals surface area (Å²) >= 11 is 0. The zero-order chi connectivity index (χ0) is 22.5. The van der Waals surface area contributed by atoms with Gasteiger partial charge in [0.05, 0.1) is 13.2 Å². The number of ether oxygens (including phenoxy) is 1. The van der Waals surface area contributed by atoms with Crippen molar-refractivity contribution in [3.63, 3.8) is 0 Å². The smallest absolute Gasteiger partial charge is 0.379 e. The number of phosphoric acid groups is 1. The molecular weight excluding hydrogens is 428 g/mol. The molecule has 0 aliphatic rings. The quantitative estimate of drug-likeness (QED) is 0.152. The second-order valence-electron chi connectivity index (χ2n) is 7.85. The van der Waals surface area contributed by atoms with E-state index in [1.807, 2.05) is 0 Å². The van der Waals surface area contributed by atoms with Crippen LogP contribution >= 0.6 is 16.5 Å². The van der Waals surface area contributed by atoms with E-state index in [4.69, 9.17) is 23.6 Å². The molecule has 1 unspecified atom stereocenters. The Morgan fingerprint density at radius 1 is 0.900 bits per heavy atom. The minimum absolute atomic E-state index is 0.119. The van der Waals surface area contributed by atoms with E-state index in [2.05, 4.69) is 6.92 Å². The number of phosphoric ester groups is 1. The fourth-order valence-corrected chi connectivity index (χ4v) is 3.92. The molecule has 0 amide bonds. The van der Waals surface area contributed by atoms with Crippen molar-refractivity contribution in [2.45, 2.75) is 90.1 Å². The van der Waals surface area contributed by atoms with Gasteiger partial charge in [-0.1, -0.05) is 77.6 Å². The van der Waals surface area contributed by atoms with Gasteiger partial charge in [0.1, 0.15) is 6.10 Å². The Kier molecular flexibility index (Phi) is 21.0. The molecule has 2 N–H and O–H groups in total. The molecule has 0 aliphatic carbocycles. The van der Waals surface area contributed by atoms with Crippen LogP contribution in [0, 0.1) is 0 Å². The van der Waals surface area contributed by atoms with Crippen LogP contribution in [-0.2, 0) is 22.9 Å². The number of hydrogen-bond donors (Lipinski definition) is 2. The Balaban J connectivity index is 3.72. The molecule has 0 aromatic carbocycles. The Labute approximate surface area is 184 Å². The van der Waals surface area contributed by atoms with E-state index in [0.29, 0.717) is 13.2 Å². The molecule has 180 valence electrons. The molecule has 30 heavy (non-hydrogen) atoms. The van der Waals surface area contributed by atoms with Gasteiger partial charge in [0.2, 0.25) is 0 Å². The van der Waals surface area contributed by atoms with Gasteiger partial charge in [-0.2, -0.15) is 0 Å². The maximum absolute atomic E-state index is 11.2. The lowest BCUT2D eigenvalue weighted by Gasteiger charge is -2.24. The van der Waals surface area contributed by atoms with Crippen LogP contribution in [0.1, 0.15) is 84.0 Å². The molecule has 0 aromatic rings. The van der Waals surface area contributed by atoms with Crippen molar-refractivity contribution in [1.82, 2.24) is 4.90 Å². The topological polar surface area (TPSA) is 106 Å². The van der Waals surface area contributed by atoms with Gasteiger partial charge in [0, 0.05) is 19.7 Å². The Morgan fingerprint density at radius 2 is 1.43 bits per heavy atom. The predicted octanol–water partition coefficient (Wildman–Crippen LogP) is 5.34. The molecule has 1 atom stereocenters. The van der Waals surface area contributed by atoms with Crippen LogP contribution in [0.4, 0.5) is 0 Å². The summed E-state index contributed by atoms with van der Waals surface area (Å²) in [4.78, 5) is 19.9. The number of likely N-dealkylation sites (N-methyl/N-ethyl adjacent to an activating group) is 1. The second-order valence-corrected chi connectivity index (χ2v) is 9.45. The fourth-order valence-electron chi connectivity index (χ4n) is 3.24. The third-order valence-electron chi connectivity index (χ3n) is 4.86. The lowest BCUT2D eigenvalue weighted by atomic mass is 10.1. The highest BCUT2D eigenvalue weighted by atomic mass is 31.2. The molecule has 8 nitrogen and oxygen atoms in total. The summed E-state index contributed by atoms with van der Waals surface area (Å²) in [5, 5.41) is 0. The van der Waals surface area contributed by atoms with E-state index >= 15 is 0 Å². The molecule has 0 aliphatic heterocycles. The summed E-state index contributed by atoms with van der Waals surface area (Å²) in [7, 11) is -3.20. The molecule has 0 heterocycles. The van der Waals surface area contributed by atoms with Crippen molar-refractivity contribution in [3.05, 3.63) is 0 Å². The van der Waals surface area contributed by atoms with Crippen LogP contribution in [0.3, 0.4) is 0 Å². The van der Waals surface area contributed by atoms with Crippen molar-refractivity contribution in [2.24, 2.45) is 0 Å². The van der Waals surface area contributed by atoms with E-state index in [1.165, 1.54) is 64.2 Å². The van der Waals surface area contributed by atoms with E-state index in [9.17, 15) is 9.13 Å². The van der Waals surface area contributed by atoms with Gasteiger partial charge >= 0.3 is 16.5 Å². The summed E-state index contributed by atoms with van der Waals surface area (Å²) in [6.07, 6.45) is 14.5. The number of hydrogen-bond acceptors (Lipinski definition) is 6. The highest BCUT2D eigenvalue weighted by Gasteiger charge is 2.23. The molecule has 10 heteroatoms. The highest BCUT2D eigenvalue weighted by molar-refractivity contribution is 7.46. The maximum atomic E-state index is 11.2. The monoisotopic (exact) mass is 471 g/mol. The van der Waals surface area contributed by atoms with Crippen LogP contribution in [0.5, 0.6) is 0 Å². The number of nitrogens with zero attached hydrogens (tertiary/aromatic N) is 1. The third-order valence-corrected chi connectivity index (χ3v) is 5.73. The summed E-state index contributed by atoms with van der Waals surface area (Å²) in [6.45, 7) is 3.92. The molecule has 0 aromatic heterocycles. The van der Waals surface area contributed by atoms with Gasteiger partial charge in [-0.05, 0) is 13.5 Å². The number of rotatable bonds is 23. The molecule has 0 saturated heterocycles. The number of unbranched alkanes of at least 4 members (excludes halogenated alkanes) is 11. The van der Waals surface area contributed by atoms with Crippen LogP contribution in [-0.4, -0.2) is 60.7 Å². The van der Waals surface area contributed by atoms with Crippen molar-refractivity contribution >= 4 is 16.5 Å². The zero-order valence-corrected chi connectivity index (χ0v) is 20.7. The van der Waals surface area contributed by atoms with Crippen molar-refractivity contribution in [1.29, 1.82) is 0 Å². The maximum Gasteiger partial charge on any atom is 0.469 e. The largest absolute Gasteiger partial charge is 0.469 e. The molecule has 0 rings (SSSR count). The van der Waals surface area contributed by atoms with E-state index in [0.717, 1.165) is 12.8 Å². The minimum Gasteiger partial charge on any atom is -0.379 e. The molecule has 0 spiro atoms.